The third-order valence-corrected chi connectivity index (χ3v) is 10.8. The maximum absolute atomic E-state index is 11.7. The molecule has 2 rings (SSSR count). The van der Waals surface area contributed by atoms with Crippen molar-refractivity contribution in [3.8, 4) is 0 Å². The van der Waals surface area contributed by atoms with E-state index in [-0.39, 0.29) is 25.7 Å². The summed E-state index contributed by atoms with van der Waals surface area (Å²) in [5.41, 5.74) is 0. The molecule has 0 saturated carbocycles. The van der Waals surface area contributed by atoms with Gasteiger partial charge in [0.25, 0.3) is 0 Å². The Morgan fingerprint density at radius 1 is 0.654 bits per heavy atom. The van der Waals surface area contributed by atoms with Crippen LogP contribution in [0.5, 0.6) is 0 Å². The summed E-state index contributed by atoms with van der Waals surface area (Å²) in [6.07, 6.45) is -1.49. The van der Waals surface area contributed by atoms with Crippen molar-refractivity contribution in [2.24, 2.45) is 0 Å². The first kappa shape index (κ1) is 20.9. The summed E-state index contributed by atoms with van der Waals surface area (Å²) in [4.78, 5) is 68.3. The minimum absolute atomic E-state index is 0.151. The van der Waals surface area contributed by atoms with Gasteiger partial charge >= 0.3 is 166 Å². The topological polar surface area (TPSA) is 158 Å². The molecule has 0 atom stereocenters. The monoisotopic (exact) mass is 578 g/mol. The first-order chi connectivity index (χ1) is 12.3. The molecule has 0 spiro atoms. The SMILES string of the molecule is O=C1CCC(=O)[O][In]([O]C(=O)CCC(=O)[O][In]2[O]C(=O)CCC(=O)[O]2)[O]1. The van der Waals surface area contributed by atoms with Gasteiger partial charge in [0, 0.05) is 0 Å². The second-order valence-corrected chi connectivity index (χ2v) is 12.3. The molecule has 0 radical (unpaired) electrons. The Kier molecular flexibility index (Phi) is 8.06. The van der Waals surface area contributed by atoms with Crippen LogP contribution in [0.1, 0.15) is 38.5 Å². The van der Waals surface area contributed by atoms with Crippen molar-refractivity contribution in [2.45, 2.75) is 38.5 Å². The zero-order valence-electron chi connectivity index (χ0n) is 13.3. The molecule has 0 amide bonds. The average molecular weight is 578 g/mol. The second kappa shape index (κ2) is 10.0. The Labute approximate surface area is 165 Å². The Morgan fingerprint density at radius 3 is 1.19 bits per heavy atom. The molecule has 2 saturated heterocycles. The average Bonchev–Trinajstić information content (AvgIpc) is 2.81. The van der Waals surface area contributed by atoms with Crippen LogP contribution in [0.25, 0.3) is 0 Å². The van der Waals surface area contributed by atoms with E-state index in [2.05, 4.69) is 0 Å². The summed E-state index contributed by atoms with van der Waals surface area (Å²) in [6.45, 7) is 0. The molecule has 2 heterocycles. The molecule has 0 N–H and O–H groups in total. The van der Waals surface area contributed by atoms with Crippen LogP contribution in [0.2, 0.25) is 0 Å². The minimum atomic E-state index is -4.05. The van der Waals surface area contributed by atoms with Gasteiger partial charge in [0.1, 0.15) is 0 Å². The Bertz CT molecular complexity index is 542. The first-order valence-corrected chi connectivity index (χ1v) is 15.6. The molecular weight excluding hydrogens is 566 g/mol. The molecule has 2 aliphatic rings. The van der Waals surface area contributed by atoms with E-state index in [1.54, 1.807) is 0 Å². The van der Waals surface area contributed by atoms with Crippen LogP contribution in [0.15, 0.2) is 0 Å². The molecule has 2 aliphatic heterocycles. The van der Waals surface area contributed by atoms with E-state index >= 15 is 0 Å². The molecule has 0 aromatic heterocycles. The van der Waals surface area contributed by atoms with Gasteiger partial charge in [-0.3, -0.25) is 0 Å². The molecule has 14 heteroatoms. The van der Waals surface area contributed by atoms with E-state index in [0.29, 0.717) is 0 Å². The second-order valence-electron chi connectivity index (χ2n) is 5.02. The number of carbonyl (C=O) groups excluding carboxylic acids is 6. The fraction of sp³-hybridized carbons (Fsp3) is 0.500. The fourth-order valence-electron chi connectivity index (χ4n) is 1.75. The Morgan fingerprint density at radius 2 is 0.923 bits per heavy atom. The van der Waals surface area contributed by atoms with Crippen LogP contribution in [-0.4, -0.2) is 81.3 Å². The third kappa shape index (κ3) is 7.43. The number of hydrogen-bond acceptors (Lipinski definition) is 12. The van der Waals surface area contributed by atoms with Gasteiger partial charge in [-0.1, -0.05) is 0 Å². The van der Waals surface area contributed by atoms with Crippen LogP contribution in [0, 0.1) is 0 Å². The van der Waals surface area contributed by atoms with Crippen LogP contribution >= 0.6 is 0 Å². The Hall–Kier alpha value is -1.44. The van der Waals surface area contributed by atoms with Crippen LogP contribution in [0.3, 0.4) is 0 Å². The van der Waals surface area contributed by atoms with Crippen molar-refractivity contribution in [3.63, 3.8) is 0 Å². The predicted molar refractivity (Wildman–Crippen MR) is 75.8 cm³/mol. The van der Waals surface area contributed by atoms with Crippen LogP contribution < -0.4 is 0 Å². The number of rotatable bonds is 5. The Balaban J connectivity index is 1.74. The van der Waals surface area contributed by atoms with Crippen molar-refractivity contribution in [2.75, 3.05) is 0 Å². The van der Waals surface area contributed by atoms with Crippen molar-refractivity contribution in [3.05, 3.63) is 0 Å². The molecule has 12 nitrogen and oxygen atoms in total. The van der Waals surface area contributed by atoms with E-state index in [9.17, 15) is 28.8 Å². The normalized spacial score (nSPS) is 17.8. The quantitative estimate of drug-likeness (QED) is 0.376. The molecule has 2 fully saturated rings. The summed E-state index contributed by atoms with van der Waals surface area (Å²) in [5, 5.41) is 0. The summed E-state index contributed by atoms with van der Waals surface area (Å²) >= 11 is -8.10. The number of carbonyl (C=O) groups is 6. The molecule has 0 aromatic rings. The van der Waals surface area contributed by atoms with Crippen molar-refractivity contribution in [1.29, 1.82) is 0 Å². The predicted octanol–water partition coefficient (Wildman–Crippen LogP) is -1.42. The van der Waals surface area contributed by atoms with Gasteiger partial charge in [-0.25, -0.2) is 0 Å². The van der Waals surface area contributed by atoms with Gasteiger partial charge in [0.2, 0.25) is 0 Å². The summed E-state index contributed by atoms with van der Waals surface area (Å²) in [7, 11) is 0. The molecule has 138 valence electrons. The standard InChI is InChI=1S/3C4H6O4.2In/c3*5-3(6)1-2-4(7)8;;/h3*1-2H2,(H,5,6)(H,7,8);;/q;;;2*+3/p-6. The van der Waals surface area contributed by atoms with E-state index < -0.39 is 94.2 Å². The van der Waals surface area contributed by atoms with Gasteiger partial charge in [-0.15, -0.1) is 0 Å². The van der Waals surface area contributed by atoms with Crippen LogP contribution in [0.4, 0.5) is 0 Å². The summed E-state index contributed by atoms with van der Waals surface area (Å²) in [6, 6.07) is 0. The van der Waals surface area contributed by atoms with Gasteiger partial charge in [-0.2, -0.15) is 0 Å². The van der Waals surface area contributed by atoms with E-state index in [4.69, 9.17) is 17.1 Å². The zero-order chi connectivity index (χ0) is 19.1. The van der Waals surface area contributed by atoms with Gasteiger partial charge in [0.15, 0.2) is 0 Å². The molecule has 26 heavy (non-hydrogen) atoms. The number of hydrogen-bond donors (Lipinski definition) is 0. The molecule has 0 aliphatic carbocycles. The first-order valence-electron chi connectivity index (χ1n) is 7.49. The summed E-state index contributed by atoms with van der Waals surface area (Å²) in [5.74, 6) is -4.56. The van der Waals surface area contributed by atoms with Crippen LogP contribution in [-0.2, 0) is 45.9 Å². The van der Waals surface area contributed by atoms with Gasteiger partial charge < -0.3 is 0 Å². The van der Waals surface area contributed by atoms with Crippen molar-refractivity contribution in [1.82, 2.24) is 0 Å². The molecular formula is C12H12In2O12. The summed E-state index contributed by atoms with van der Waals surface area (Å²) < 4.78 is 28.8. The van der Waals surface area contributed by atoms with E-state index in [1.807, 2.05) is 0 Å². The van der Waals surface area contributed by atoms with Crippen molar-refractivity contribution >= 4 is 81.3 Å². The van der Waals surface area contributed by atoms with E-state index in [1.165, 1.54) is 0 Å². The molecule has 0 unspecified atom stereocenters. The maximum atomic E-state index is 11.7. The molecule has 0 aromatic carbocycles. The van der Waals surface area contributed by atoms with Crippen molar-refractivity contribution < 1.29 is 45.9 Å². The zero-order valence-corrected chi connectivity index (χ0v) is 19.9. The van der Waals surface area contributed by atoms with Gasteiger partial charge in [0.05, 0.1) is 0 Å². The molecule has 0 bridgehead atoms. The fourth-order valence-corrected chi connectivity index (χ4v) is 8.27. The third-order valence-electron chi connectivity index (χ3n) is 2.97. The van der Waals surface area contributed by atoms with Gasteiger partial charge in [-0.05, 0) is 0 Å². The van der Waals surface area contributed by atoms with E-state index in [0.717, 1.165) is 0 Å².